The normalized spacial score (nSPS) is 13.6. The number of methoxy groups -OCH3 is 1. The fraction of sp³-hybridized carbons (Fsp3) is 0.318. The first-order chi connectivity index (χ1) is 15.1. The molecule has 0 bridgehead atoms. The Morgan fingerprint density at radius 2 is 1.55 bits per heavy atom. The SMILES string of the molecule is COc1ccc(OCC(=O)N/N=C\c2ccc(OCC(=O)N3CCOCC3)cc2)cc1. The Morgan fingerprint density at radius 1 is 0.968 bits per heavy atom. The first-order valence-corrected chi connectivity index (χ1v) is 9.81. The Balaban J connectivity index is 1.37. The van der Waals surface area contributed by atoms with Crippen molar-refractivity contribution >= 4 is 18.0 Å². The minimum atomic E-state index is -0.381. The number of carbonyl (C=O) groups is 2. The summed E-state index contributed by atoms with van der Waals surface area (Å²) >= 11 is 0. The van der Waals surface area contributed by atoms with Gasteiger partial charge in [0.15, 0.2) is 13.2 Å². The Labute approximate surface area is 180 Å². The third-order valence-corrected chi connectivity index (χ3v) is 4.44. The van der Waals surface area contributed by atoms with E-state index in [1.165, 1.54) is 6.21 Å². The Morgan fingerprint density at radius 3 is 2.19 bits per heavy atom. The van der Waals surface area contributed by atoms with Crippen molar-refractivity contribution in [2.24, 2.45) is 5.10 Å². The second-order valence-electron chi connectivity index (χ2n) is 6.61. The molecule has 2 aromatic rings. The fourth-order valence-electron chi connectivity index (χ4n) is 2.73. The van der Waals surface area contributed by atoms with Crippen molar-refractivity contribution in [2.45, 2.75) is 0 Å². The number of ether oxygens (including phenoxy) is 4. The van der Waals surface area contributed by atoms with E-state index >= 15 is 0 Å². The van der Waals surface area contributed by atoms with Gasteiger partial charge in [-0.05, 0) is 54.1 Å². The third-order valence-electron chi connectivity index (χ3n) is 4.44. The number of hydrogen-bond acceptors (Lipinski definition) is 7. The highest BCUT2D eigenvalue weighted by Crippen LogP contribution is 2.16. The van der Waals surface area contributed by atoms with Crippen molar-refractivity contribution < 1.29 is 28.5 Å². The molecule has 0 atom stereocenters. The second kappa shape index (κ2) is 11.6. The first kappa shape index (κ1) is 22.1. The lowest BCUT2D eigenvalue weighted by atomic mass is 10.2. The van der Waals surface area contributed by atoms with Crippen molar-refractivity contribution in [3.8, 4) is 17.2 Å². The van der Waals surface area contributed by atoms with Crippen molar-refractivity contribution in [2.75, 3.05) is 46.6 Å². The molecule has 31 heavy (non-hydrogen) atoms. The molecule has 164 valence electrons. The van der Waals surface area contributed by atoms with Gasteiger partial charge in [-0.1, -0.05) is 0 Å². The highest BCUT2D eigenvalue weighted by atomic mass is 16.5. The van der Waals surface area contributed by atoms with Gasteiger partial charge in [-0.25, -0.2) is 5.43 Å². The van der Waals surface area contributed by atoms with Crippen LogP contribution in [-0.2, 0) is 14.3 Å². The fourth-order valence-corrected chi connectivity index (χ4v) is 2.73. The van der Waals surface area contributed by atoms with Crippen LogP contribution in [0.5, 0.6) is 17.2 Å². The van der Waals surface area contributed by atoms with Crippen LogP contribution >= 0.6 is 0 Å². The van der Waals surface area contributed by atoms with Crippen LogP contribution in [0.2, 0.25) is 0 Å². The first-order valence-electron chi connectivity index (χ1n) is 9.81. The molecule has 0 spiro atoms. The Bertz CT molecular complexity index is 877. The van der Waals surface area contributed by atoms with Crippen LogP contribution in [0, 0.1) is 0 Å². The molecule has 3 rings (SSSR count). The molecular weight excluding hydrogens is 402 g/mol. The smallest absolute Gasteiger partial charge is 0.277 e. The zero-order valence-electron chi connectivity index (χ0n) is 17.3. The van der Waals surface area contributed by atoms with Gasteiger partial charge in [-0.15, -0.1) is 0 Å². The summed E-state index contributed by atoms with van der Waals surface area (Å²) in [6, 6.07) is 14.0. The molecule has 9 heteroatoms. The monoisotopic (exact) mass is 427 g/mol. The minimum absolute atomic E-state index is 0.0162. The third kappa shape index (κ3) is 7.31. The van der Waals surface area contributed by atoms with E-state index in [1.807, 2.05) is 0 Å². The molecule has 2 aromatic carbocycles. The quantitative estimate of drug-likeness (QED) is 0.481. The van der Waals surface area contributed by atoms with Gasteiger partial charge in [0.05, 0.1) is 26.5 Å². The summed E-state index contributed by atoms with van der Waals surface area (Å²) < 4.78 is 21.2. The Hall–Kier alpha value is -3.59. The van der Waals surface area contributed by atoms with Crippen LogP contribution in [0.15, 0.2) is 53.6 Å². The van der Waals surface area contributed by atoms with E-state index in [9.17, 15) is 9.59 Å². The van der Waals surface area contributed by atoms with Crippen LogP contribution in [0.3, 0.4) is 0 Å². The van der Waals surface area contributed by atoms with E-state index in [1.54, 1.807) is 60.5 Å². The lowest BCUT2D eigenvalue weighted by Gasteiger charge is -2.26. The number of amides is 2. The average molecular weight is 427 g/mol. The highest BCUT2D eigenvalue weighted by Gasteiger charge is 2.17. The molecule has 2 amide bonds. The predicted octanol–water partition coefficient (Wildman–Crippen LogP) is 1.46. The van der Waals surface area contributed by atoms with E-state index in [4.69, 9.17) is 18.9 Å². The van der Waals surface area contributed by atoms with Gasteiger partial charge < -0.3 is 23.8 Å². The molecule has 0 aliphatic carbocycles. The molecular formula is C22H25N3O6. The van der Waals surface area contributed by atoms with Crippen molar-refractivity contribution in [1.29, 1.82) is 0 Å². The zero-order chi connectivity index (χ0) is 21.9. The molecule has 1 fully saturated rings. The van der Waals surface area contributed by atoms with Crippen LogP contribution in [0.1, 0.15) is 5.56 Å². The second-order valence-corrected chi connectivity index (χ2v) is 6.61. The van der Waals surface area contributed by atoms with Crippen LogP contribution < -0.4 is 19.6 Å². The largest absolute Gasteiger partial charge is 0.497 e. The van der Waals surface area contributed by atoms with E-state index in [0.29, 0.717) is 43.6 Å². The number of carbonyl (C=O) groups excluding carboxylic acids is 2. The number of nitrogens with one attached hydrogen (secondary N) is 1. The molecule has 9 nitrogen and oxygen atoms in total. The van der Waals surface area contributed by atoms with Crippen LogP contribution in [0.4, 0.5) is 0 Å². The van der Waals surface area contributed by atoms with Gasteiger partial charge in [0.25, 0.3) is 11.8 Å². The van der Waals surface area contributed by atoms with Crippen molar-refractivity contribution in [3.05, 3.63) is 54.1 Å². The maximum absolute atomic E-state index is 12.1. The maximum Gasteiger partial charge on any atom is 0.277 e. The lowest BCUT2D eigenvalue weighted by molar-refractivity contribution is -0.137. The number of rotatable bonds is 9. The summed E-state index contributed by atoms with van der Waals surface area (Å²) in [5.74, 6) is 1.40. The molecule has 1 aliphatic rings. The summed E-state index contributed by atoms with van der Waals surface area (Å²) in [6.07, 6.45) is 1.51. The van der Waals surface area contributed by atoms with Crippen LogP contribution in [-0.4, -0.2) is 69.6 Å². The predicted molar refractivity (Wildman–Crippen MR) is 114 cm³/mol. The molecule has 1 N–H and O–H groups in total. The van der Waals surface area contributed by atoms with Gasteiger partial charge in [-0.3, -0.25) is 9.59 Å². The van der Waals surface area contributed by atoms with Gasteiger partial charge in [0.1, 0.15) is 17.2 Å². The van der Waals surface area contributed by atoms with Gasteiger partial charge in [0.2, 0.25) is 0 Å². The summed E-state index contributed by atoms with van der Waals surface area (Å²) in [4.78, 5) is 25.6. The molecule has 1 heterocycles. The summed E-state index contributed by atoms with van der Waals surface area (Å²) in [6.45, 7) is 2.13. The van der Waals surface area contributed by atoms with E-state index in [-0.39, 0.29) is 25.0 Å². The van der Waals surface area contributed by atoms with Crippen molar-refractivity contribution in [3.63, 3.8) is 0 Å². The zero-order valence-corrected chi connectivity index (χ0v) is 17.3. The van der Waals surface area contributed by atoms with Crippen LogP contribution in [0.25, 0.3) is 0 Å². The number of hydrazone groups is 1. The molecule has 0 aromatic heterocycles. The Kier molecular flexibility index (Phi) is 8.24. The topological polar surface area (TPSA) is 98.7 Å². The standard InChI is InChI=1S/C22H25N3O6/c1-28-18-6-8-20(9-7-18)30-15-21(26)24-23-14-17-2-4-19(5-3-17)31-16-22(27)25-10-12-29-13-11-25/h2-9,14H,10-13,15-16H2,1H3,(H,24,26)/b23-14-. The van der Waals surface area contributed by atoms with Gasteiger partial charge in [0, 0.05) is 13.1 Å². The molecule has 1 saturated heterocycles. The van der Waals surface area contributed by atoms with E-state index in [0.717, 1.165) is 5.56 Å². The van der Waals surface area contributed by atoms with E-state index < -0.39 is 0 Å². The van der Waals surface area contributed by atoms with Gasteiger partial charge in [-0.2, -0.15) is 5.10 Å². The van der Waals surface area contributed by atoms with Crippen molar-refractivity contribution in [1.82, 2.24) is 10.3 Å². The van der Waals surface area contributed by atoms with E-state index in [2.05, 4.69) is 10.5 Å². The molecule has 0 unspecified atom stereocenters. The number of nitrogens with zero attached hydrogens (tertiary/aromatic N) is 2. The highest BCUT2D eigenvalue weighted by molar-refractivity contribution is 5.83. The number of benzene rings is 2. The maximum atomic E-state index is 12.1. The summed E-state index contributed by atoms with van der Waals surface area (Å²) in [5, 5.41) is 3.91. The average Bonchev–Trinajstić information content (AvgIpc) is 2.83. The molecule has 0 radical (unpaired) electrons. The number of morpholine rings is 1. The summed E-state index contributed by atoms with van der Waals surface area (Å²) in [7, 11) is 1.58. The number of hydrogen-bond donors (Lipinski definition) is 1. The summed E-state index contributed by atoms with van der Waals surface area (Å²) in [5.41, 5.74) is 3.17. The molecule has 0 saturated carbocycles. The van der Waals surface area contributed by atoms with Gasteiger partial charge >= 0.3 is 0 Å². The minimum Gasteiger partial charge on any atom is -0.497 e. The molecule has 1 aliphatic heterocycles. The lowest BCUT2D eigenvalue weighted by Crippen LogP contribution is -2.42.